The van der Waals surface area contributed by atoms with Crippen LogP contribution in [0.3, 0.4) is 0 Å². The zero-order valence-electron chi connectivity index (χ0n) is 8.23. The molecule has 1 aromatic carbocycles. The van der Waals surface area contributed by atoms with E-state index in [2.05, 4.69) is 40.5 Å². The van der Waals surface area contributed by atoms with Crippen LogP contribution in [0.25, 0.3) is 10.1 Å². The van der Waals surface area contributed by atoms with Gasteiger partial charge in [0.2, 0.25) is 0 Å². The van der Waals surface area contributed by atoms with Crippen molar-refractivity contribution in [1.29, 1.82) is 0 Å². The number of fused-ring (bicyclic) bond motifs is 1. The van der Waals surface area contributed by atoms with Crippen LogP contribution in [0.2, 0.25) is 0 Å². The molecule has 0 radical (unpaired) electrons. The van der Waals surface area contributed by atoms with Crippen molar-refractivity contribution in [3.63, 3.8) is 0 Å². The van der Waals surface area contributed by atoms with Crippen LogP contribution < -0.4 is 16.6 Å². The summed E-state index contributed by atoms with van der Waals surface area (Å²) in [5, 5.41) is 3.57. The molecular weight excluding hydrogens is 206 g/mol. The summed E-state index contributed by atoms with van der Waals surface area (Å²) in [6.07, 6.45) is 1.01. The lowest BCUT2D eigenvalue weighted by Crippen LogP contribution is -2.36. The molecule has 1 aliphatic heterocycles. The van der Waals surface area contributed by atoms with E-state index in [4.69, 9.17) is 5.73 Å². The van der Waals surface area contributed by atoms with Crippen molar-refractivity contribution in [1.82, 2.24) is 10.9 Å². The van der Waals surface area contributed by atoms with Crippen molar-refractivity contribution in [2.75, 3.05) is 0 Å². The van der Waals surface area contributed by atoms with Gasteiger partial charge in [-0.3, -0.25) is 0 Å². The molecule has 1 saturated heterocycles. The topological polar surface area (TPSA) is 50.1 Å². The average molecular weight is 219 g/mol. The third-order valence-electron chi connectivity index (χ3n) is 2.82. The Kier molecular flexibility index (Phi) is 2.21. The molecule has 0 bridgehead atoms. The van der Waals surface area contributed by atoms with Gasteiger partial charge in [-0.25, -0.2) is 10.9 Å². The minimum absolute atomic E-state index is 0.0636. The van der Waals surface area contributed by atoms with Crippen LogP contribution in [0.4, 0.5) is 0 Å². The third-order valence-corrected chi connectivity index (χ3v) is 3.80. The molecular formula is C11H13N3S. The maximum Gasteiger partial charge on any atom is 0.0698 e. The summed E-state index contributed by atoms with van der Waals surface area (Å²) in [6.45, 7) is 0. The van der Waals surface area contributed by atoms with Crippen LogP contribution in [0, 0.1) is 0 Å². The van der Waals surface area contributed by atoms with Crippen molar-refractivity contribution in [2.45, 2.75) is 18.6 Å². The van der Waals surface area contributed by atoms with Crippen LogP contribution in [0.5, 0.6) is 0 Å². The van der Waals surface area contributed by atoms with Gasteiger partial charge in [-0.2, -0.15) is 0 Å². The first-order chi connectivity index (χ1) is 7.34. The Morgan fingerprint density at radius 3 is 2.93 bits per heavy atom. The minimum atomic E-state index is 0.0636. The SMILES string of the molecule is NC1CC(c2csc3ccccc23)NN1. The second-order valence-electron chi connectivity index (χ2n) is 3.87. The normalized spacial score (nSPS) is 26.2. The number of hydrazine groups is 1. The molecule has 0 aliphatic carbocycles. The van der Waals surface area contributed by atoms with Gasteiger partial charge in [-0.05, 0) is 28.8 Å². The molecule has 2 heterocycles. The molecule has 4 N–H and O–H groups in total. The van der Waals surface area contributed by atoms with Crippen molar-refractivity contribution in [2.24, 2.45) is 5.73 Å². The molecule has 78 valence electrons. The standard InChI is InChI=1S/C11H13N3S/c12-11-5-9(13-14-11)8-6-15-10-4-2-1-3-7(8)10/h1-4,6,9,11,13-14H,5,12H2. The Morgan fingerprint density at radius 2 is 2.13 bits per heavy atom. The fourth-order valence-electron chi connectivity index (χ4n) is 2.05. The summed E-state index contributed by atoms with van der Waals surface area (Å²) in [5.41, 5.74) is 13.5. The number of benzene rings is 1. The van der Waals surface area contributed by atoms with E-state index >= 15 is 0 Å². The Labute approximate surface area is 92.3 Å². The lowest BCUT2D eigenvalue weighted by atomic mass is 10.0. The van der Waals surface area contributed by atoms with Gasteiger partial charge in [0.05, 0.1) is 12.2 Å². The highest BCUT2D eigenvalue weighted by atomic mass is 32.1. The van der Waals surface area contributed by atoms with Crippen LogP contribution >= 0.6 is 11.3 Å². The molecule has 2 aromatic rings. The molecule has 15 heavy (non-hydrogen) atoms. The Morgan fingerprint density at radius 1 is 1.27 bits per heavy atom. The number of hydrogen-bond donors (Lipinski definition) is 3. The number of thiophene rings is 1. The number of nitrogens with two attached hydrogens (primary N) is 1. The van der Waals surface area contributed by atoms with E-state index in [1.54, 1.807) is 11.3 Å². The van der Waals surface area contributed by atoms with E-state index in [9.17, 15) is 0 Å². The summed E-state index contributed by atoms with van der Waals surface area (Å²) < 4.78 is 1.34. The predicted octanol–water partition coefficient (Wildman–Crippen LogP) is 1.73. The van der Waals surface area contributed by atoms with Crippen molar-refractivity contribution in [3.8, 4) is 0 Å². The highest BCUT2D eigenvalue weighted by Crippen LogP contribution is 2.32. The van der Waals surface area contributed by atoms with Crippen LogP contribution in [0.15, 0.2) is 29.6 Å². The molecule has 4 heteroatoms. The molecule has 0 spiro atoms. The molecule has 3 rings (SSSR count). The molecule has 2 atom stereocenters. The minimum Gasteiger partial charge on any atom is -0.315 e. The lowest BCUT2D eigenvalue weighted by molar-refractivity contribution is 0.553. The quantitative estimate of drug-likeness (QED) is 0.684. The zero-order chi connectivity index (χ0) is 10.3. The highest BCUT2D eigenvalue weighted by molar-refractivity contribution is 7.17. The Bertz CT molecular complexity index is 479. The average Bonchev–Trinajstić information content (AvgIpc) is 2.83. The highest BCUT2D eigenvalue weighted by Gasteiger charge is 2.23. The largest absolute Gasteiger partial charge is 0.315 e. The van der Waals surface area contributed by atoms with Crippen LogP contribution in [0.1, 0.15) is 18.0 Å². The number of rotatable bonds is 1. The van der Waals surface area contributed by atoms with Gasteiger partial charge in [0, 0.05) is 4.70 Å². The maximum atomic E-state index is 5.81. The molecule has 3 nitrogen and oxygen atoms in total. The van der Waals surface area contributed by atoms with Gasteiger partial charge in [-0.15, -0.1) is 11.3 Å². The van der Waals surface area contributed by atoms with Crippen molar-refractivity contribution in [3.05, 3.63) is 35.2 Å². The molecule has 0 amide bonds. The van der Waals surface area contributed by atoms with E-state index < -0.39 is 0 Å². The Balaban J connectivity index is 2.04. The molecule has 0 saturated carbocycles. The summed E-state index contributed by atoms with van der Waals surface area (Å²) in [4.78, 5) is 0. The summed E-state index contributed by atoms with van der Waals surface area (Å²) in [6, 6.07) is 8.84. The molecule has 1 fully saturated rings. The summed E-state index contributed by atoms with van der Waals surface area (Å²) >= 11 is 1.79. The van der Waals surface area contributed by atoms with Gasteiger partial charge in [0.25, 0.3) is 0 Å². The van der Waals surface area contributed by atoms with E-state index in [1.165, 1.54) is 15.6 Å². The maximum absolute atomic E-state index is 5.81. The van der Waals surface area contributed by atoms with Crippen molar-refractivity contribution >= 4 is 21.4 Å². The molecule has 2 unspecified atom stereocenters. The summed E-state index contributed by atoms with van der Waals surface area (Å²) in [7, 11) is 0. The fourth-order valence-corrected chi connectivity index (χ4v) is 3.07. The zero-order valence-corrected chi connectivity index (χ0v) is 9.05. The fraction of sp³-hybridized carbons (Fsp3) is 0.273. The first-order valence-corrected chi connectivity index (χ1v) is 5.95. The monoisotopic (exact) mass is 219 g/mol. The predicted molar refractivity (Wildman–Crippen MR) is 63.4 cm³/mol. The van der Waals surface area contributed by atoms with Crippen LogP contribution in [-0.2, 0) is 0 Å². The van der Waals surface area contributed by atoms with E-state index in [-0.39, 0.29) is 6.17 Å². The van der Waals surface area contributed by atoms with Gasteiger partial charge in [0.15, 0.2) is 0 Å². The van der Waals surface area contributed by atoms with Crippen molar-refractivity contribution < 1.29 is 0 Å². The van der Waals surface area contributed by atoms with Gasteiger partial charge < -0.3 is 5.73 Å². The Hall–Kier alpha value is -0.940. The van der Waals surface area contributed by atoms with E-state index in [0.29, 0.717) is 6.04 Å². The summed E-state index contributed by atoms with van der Waals surface area (Å²) in [5.74, 6) is 0. The van der Waals surface area contributed by atoms with Gasteiger partial charge >= 0.3 is 0 Å². The van der Waals surface area contributed by atoms with E-state index in [1.807, 2.05) is 0 Å². The first kappa shape index (κ1) is 9.30. The smallest absolute Gasteiger partial charge is 0.0698 e. The van der Waals surface area contributed by atoms with Gasteiger partial charge in [0.1, 0.15) is 0 Å². The second-order valence-corrected chi connectivity index (χ2v) is 4.78. The lowest BCUT2D eigenvalue weighted by Gasteiger charge is -2.07. The van der Waals surface area contributed by atoms with Crippen LogP contribution in [-0.4, -0.2) is 6.17 Å². The second kappa shape index (κ2) is 3.57. The third kappa shape index (κ3) is 1.55. The van der Waals surface area contributed by atoms with E-state index in [0.717, 1.165) is 6.42 Å². The molecule has 1 aromatic heterocycles. The number of hydrogen-bond acceptors (Lipinski definition) is 4. The first-order valence-electron chi connectivity index (χ1n) is 5.07. The molecule has 1 aliphatic rings. The van der Waals surface area contributed by atoms with Gasteiger partial charge in [-0.1, -0.05) is 18.2 Å². The number of nitrogens with one attached hydrogen (secondary N) is 2.